The van der Waals surface area contributed by atoms with Gasteiger partial charge < -0.3 is 19.5 Å². The Hall–Kier alpha value is -0.160. The van der Waals surface area contributed by atoms with Crippen LogP contribution < -0.4 is 5.32 Å². The van der Waals surface area contributed by atoms with Crippen LogP contribution >= 0.6 is 0 Å². The molecule has 118 valence electrons. The third kappa shape index (κ3) is 4.99. The molecule has 0 radical (unpaired) electrons. The fraction of sp³-hybridized carbons (Fsp3) is 1.00. The number of rotatable bonds is 7. The smallest absolute Gasteiger partial charge is 0.0729 e. The molecule has 0 saturated carbocycles. The zero-order valence-electron chi connectivity index (χ0n) is 13.2. The first-order valence-electron chi connectivity index (χ1n) is 8.15. The van der Waals surface area contributed by atoms with E-state index < -0.39 is 0 Å². The molecule has 2 fully saturated rings. The molecular formula is C16H31NO3. The van der Waals surface area contributed by atoms with E-state index in [1.165, 1.54) is 19.3 Å². The van der Waals surface area contributed by atoms with Gasteiger partial charge in [-0.25, -0.2) is 0 Å². The molecule has 0 aliphatic carbocycles. The second kappa shape index (κ2) is 8.32. The molecule has 2 saturated heterocycles. The summed E-state index contributed by atoms with van der Waals surface area (Å²) in [7, 11) is 1.75. The second-order valence-corrected chi connectivity index (χ2v) is 6.54. The van der Waals surface area contributed by atoms with Crippen molar-refractivity contribution in [3.8, 4) is 0 Å². The number of ether oxygens (including phenoxy) is 3. The van der Waals surface area contributed by atoms with Crippen molar-refractivity contribution in [2.75, 3.05) is 46.6 Å². The standard InChI is InChI=1S/C16H31NO3/c1-14(13-17-6-10-18-2)11-15-3-7-20-16(12-15)4-8-19-9-5-16/h14-15,17H,3-13H2,1-2H3. The van der Waals surface area contributed by atoms with Crippen LogP contribution in [0.1, 0.15) is 39.0 Å². The average Bonchev–Trinajstić information content (AvgIpc) is 2.44. The molecule has 2 rings (SSSR count). The first-order chi connectivity index (χ1) is 9.74. The summed E-state index contributed by atoms with van der Waals surface area (Å²) in [5.74, 6) is 1.55. The number of hydrogen-bond acceptors (Lipinski definition) is 4. The summed E-state index contributed by atoms with van der Waals surface area (Å²) in [5, 5.41) is 3.47. The molecule has 0 aromatic carbocycles. The Kier molecular flexibility index (Phi) is 6.75. The summed E-state index contributed by atoms with van der Waals surface area (Å²) in [5.41, 5.74) is 0.143. The van der Waals surface area contributed by atoms with Gasteiger partial charge >= 0.3 is 0 Å². The normalized spacial score (nSPS) is 27.6. The van der Waals surface area contributed by atoms with Crippen LogP contribution in [0.4, 0.5) is 0 Å². The Balaban J connectivity index is 1.69. The maximum absolute atomic E-state index is 6.12. The second-order valence-electron chi connectivity index (χ2n) is 6.54. The highest BCUT2D eigenvalue weighted by Crippen LogP contribution is 2.39. The van der Waals surface area contributed by atoms with E-state index in [2.05, 4.69) is 12.2 Å². The molecule has 0 aromatic rings. The van der Waals surface area contributed by atoms with Gasteiger partial charge in [0, 0.05) is 33.5 Å². The lowest BCUT2D eigenvalue weighted by molar-refractivity contribution is -0.148. The van der Waals surface area contributed by atoms with Crippen molar-refractivity contribution in [1.82, 2.24) is 5.32 Å². The Labute approximate surface area is 123 Å². The highest BCUT2D eigenvalue weighted by molar-refractivity contribution is 4.89. The predicted molar refractivity (Wildman–Crippen MR) is 80.0 cm³/mol. The van der Waals surface area contributed by atoms with Crippen LogP contribution in [0.25, 0.3) is 0 Å². The fourth-order valence-electron chi connectivity index (χ4n) is 3.60. The maximum Gasteiger partial charge on any atom is 0.0729 e. The van der Waals surface area contributed by atoms with Crippen LogP contribution in [0.3, 0.4) is 0 Å². The van der Waals surface area contributed by atoms with Crippen molar-refractivity contribution in [3.63, 3.8) is 0 Å². The lowest BCUT2D eigenvalue weighted by Gasteiger charge is -2.44. The van der Waals surface area contributed by atoms with Gasteiger partial charge in [0.05, 0.1) is 12.2 Å². The van der Waals surface area contributed by atoms with Gasteiger partial charge in [0.15, 0.2) is 0 Å². The van der Waals surface area contributed by atoms with Crippen LogP contribution in [0.5, 0.6) is 0 Å². The molecule has 4 nitrogen and oxygen atoms in total. The monoisotopic (exact) mass is 285 g/mol. The molecule has 20 heavy (non-hydrogen) atoms. The van der Waals surface area contributed by atoms with E-state index in [0.29, 0.717) is 0 Å². The summed E-state index contributed by atoms with van der Waals surface area (Å²) in [4.78, 5) is 0. The molecule has 2 aliphatic heterocycles. The fourth-order valence-corrected chi connectivity index (χ4v) is 3.60. The van der Waals surface area contributed by atoms with Crippen LogP contribution in [0.2, 0.25) is 0 Å². The first kappa shape index (κ1) is 16.2. The van der Waals surface area contributed by atoms with Crippen LogP contribution in [0, 0.1) is 11.8 Å². The lowest BCUT2D eigenvalue weighted by atomic mass is 9.77. The van der Waals surface area contributed by atoms with Gasteiger partial charge in [-0.1, -0.05) is 6.92 Å². The minimum Gasteiger partial charge on any atom is -0.383 e. The van der Waals surface area contributed by atoms with Gasteiger partial charge in [0.1, 0.15) is 0 Å². The third-order valence-electron chi connectivity index (χ3n) is 4.71. The average molecular weight is 285 g/mol. The number of methoxy groups -OCH3 is 1. The van der Waals surface area contributed by atoms with Crippen molar-refractivity contribution in [1.29, 1.82) is 0 Å². The Bertz CT molecular complexity index is 261. The van der Waals surface area contributed by atoms with E-state index in [-0.39, 0.29) is 5.60 Å². The third-order valence-corrected chi connectivity index (χ3v) is 4.71. The molecule has 2 aliphatic rings. The van der Waals surface area contributed by atoms with E-state index >= 15 is 0 Å². The lowest BCUT2D eigenvalue weighted by Crippen LogP contribution is -2.44. The zero-order chi connectivity index (χ0) is 14.3. The largest absolute Gasteiger partial charge is 0.383 e. The minimum atomic E-state index is 0.143. The summed E-state index contributed by atoms with van der Waals surface area (Å²) < 4.78 is 16.7. The molecule has 2 unspecified atom stereocenters. The van der Waals surface area contributed by atoms with E-state index in [4.69, 9.17) is 14.2 Å². The van der Waals surface area contributed by atoms with Gasteiger partial charge in [-0.3, -0.25) is 0 Å². The van der Waals surface area contributed by atoms with Crippen LogP contribution in [-0.2, 0) is 14.2 Å². The number of hydrogen-bond donors (Lipinski definition) is 1. The van der Waals surface area contributed by atoms with Crippen molar-refractivity contribution < 1.29 is 14.2 Å². The number of nitrogens with one attached hydrogen (secondary N) is 1. The maximum atomic E-state index is 6.12. The van der Waals surface area contributed by atoms with E-state index in [1.807, 2.05) is 0 Å². The van der Waals surface area contributed by atoms with Crippen molar-refractivity contribution in [3.05, 3.63) is 0 Å². The van der Waals surface area contributed by atoms with Crippen molar-refractivity contribution in [2.24, 2.45) is 11.8 Å². The predicted octanol–water partition coefficient (Wildman–Crippen LogP) is 2.22. The molecular weight excluding hydrogens is 254 g/mol. The zero-order valence-corrected chi connectivity index (χ0v) is 13.2. The molecule has 0 aromatic heterocycles. The Morgan fingerprint density at radius 3 is 2.85 bits per heavy atom. The summed E-state index contributed by atoms with van der Waals surface area (Å²) >= 11 is 0. The molecule has 4 heteroatoms. The van der Waals surface area contributed by atoms with Gasteiger partial charge in [0.2, 0.25) is 0 Å². The molecule has 1 N–H and O–H groups in total. The summed E-state index contributed by atoms with van der Waals surface area (Å²) in [6, 6.07) is 0. The topological polar surface area (TPSA) is 39.7 Å². The van der Waals surface area contributed by atoms with Gasteiger partial charge in [-0.15, -0.1) is 0 Å². The highest BCUT2D eigenvalue weighted by atomic mass is 16.5. The van der Waals surface area contributed by atoms with Gasteiger partial charge in [-0.2, -0.15) is 0 Å². The summed E-state index contributed by atoms with van der Waals surface area (Å²) in [6.45, 7) is 7.89. The van der Waals surface area contributed by atoms with Crippen molar-refractivity contribution >= 4 is 0 Å². The minimum absolute atomic E-state index is 0.143. The highest BCUT2D eigenvalue weighted by Gasteiger charge is 2.39. The molecule has 2 atom stereocenters. The van der Waals surface area contributed by atoms with Crippen LogP contribution in [-0.4, -0.2) is 52.2 Å². The van der Waals surface area contributed by atoms with Gasteiger partial charge in [-0.05, 0) is 50.5 Å². The molecule has 2 heterocycles. The molecule has 1 spiro atoms. The first-order valence-corrected chi connectivity index (χ1v) is 8.15. The Morgan fingerprint density at radius 1 is 1.30 bits per heavy atom. The van der Waals surface area contributed by atoms with E-state index in [1.54, 1.807) is 7.11 Å². The van der Waals surface area contributed by atoms with Crippen molar-refractivity contribution in [2.45, 2.75) is 44.6 Å². The quantitative estimate of drug-likeness (QED) is 0.728. The molecule has 0 amide bonds. The molecule has 0 bridgehead atoms. The summed E-state index contributed by atoms with van der Waals surface area (Å²) in [6.07, 6.45) is 5.95. The van der Waals surface area contributed by atoms with E-state index in [9.17, 15) is 0 Å². The van der Waals surface area contributed by atoms with E-state index in [0.717, 1.165) is 64.2 Å². The van der Waals surface area contributed by atoms with Gasteiger partial charge in [0.25, 0.3) is 0 Å². The van der Waals surface area contributed by atoms with Crippen LogP contribution in [0.15, 0.2) is 0 Å². The Morgan fingerprint density at radius 2 is 2.10 bits per heavy atom. The SMILES string of the molecule is COCCNCC(C)CC1CCOC2(CCOCC2)C1.